The lowest BCUT2D eigenvalue weighted by atomic mass is 10.1. The molecule has 4 nitrogen and oxygen atoms in total. The first-order valence-corrected chi connectivity index (χ1v) is 7.46. The van der Waals surface area contributed by atoms with Gasteiger partial charge in [-0.3, -0.25) is 9.78 Å². The summed E-state index contributed by atoms with van der Waals surface area (Å²) in [6, 6.07) is 7.02. The summed E-state index contributed by atoms with van der Waals surface area (Å²) in [4.78, 5) is 16.4. The highest BCUT2D eigenvalue weighted by atomic mass is 35.5. The molecule has 0 unspecified atom stereocenters. The Morgan fingerprint density at radius 2 is 1.86 bits per heavy atom. The highest BCUT2D eigenvalue weighted by Gasteiger charge is 2.11. The van der Waals surface area contributed by atoms with Crippen molar-refractivity contribution in [3.05, 3.63) is 52.3 Å². The van der Waals surface area contributed by atoms with Gasteiger partial charge in [-0.2, -0.15) is 0 Å². The minimum Gasteiger partial charge on any atom is -0.491 e. The Kier molecular flexibility index (Phi) is 5.03. The van der Waals surface area contributed by atoms with E-state index in [4.69, 9.17) is 16.3 Å². The fraction of sp³-hybridized carbons (Fsp3) is 0.294. The van der Waals surface area contributed by atoms with Crippen LogP contribution in [0.1, 0.15) is 35.5 Å². The average molecular weight is 319 g/mol. The molecule has 0 atom stereocenters. The zero-order chi connectivity index (χ0) is 16.3. The molecule has 1 heterocycles. The van der Waals surface area contributed by atoms with Crippen molar-refractivity contribution in [1.82, 2.24) is 4.98 Å². The van der Waals surface area contributed by atoms with Gasteiger partial charge >= 0.3 is 0 Å². The van der Waals surface area contributed by atoms with Crippen LogP contribution in [0, 0.1) is 13.8 Å². The van der Waals surface area contributed by atoms with Crippen molar-refractivity contribution < 1.29 is 9.53 Å². The number of carbonyl (C=O) groups excluding carboxylic acids is 1. The van der Waals surface area contributed by atoms with Crippen LogP contribution in [0.15, 0.2) is 30.5 Å². The van der Waals surface area contributed by atoms with E-state index in [1.807, 2.05) is 27.7 Å². The van der Waals surface area contributed by atoms with Crippen molar-refractivity contribution in [2.75, 3.05) is 5.32 Å². The third-order valence-corrected chi connectivity index (χ3v) is 3.73. The van der Waals surface area contributed by atoms with Crippen molar-refractivity contribution in [2.45, 2.75) is 33.8 Å². The molecule has 22 heavy (non-hydrogen) atoms. The summed E-state index contributed by atoms with van der Waals surface area (Å²) in [5, 5.41) is 3.40. The molecule has 0 bridgehead atoms. The van der Waals surface area contributed by atoms with Crippen LogP contribution >= 0.6 is 11.6 Å². The second kappa shape index (κ2) is 6.79. The smallest absolute Gasteiger partial charge is 0.255 e. The van der Waals surface area contributed by atoms with Crippen LogP contribution in [-0.4, -0.2) is 17.0 Å². The van der Waals surface area contributed by atoms with Gasteiger partial charge in [0, 0.05) is 5.56 Å². The maximum absolute atomic E-state index is 12.3. The average Bonchev–Trinajstić information content (AvgIpc) is 2.48. The van der Waals surface area contributed by atoms with Crippen LogP contribution in [0.3, 0.4) is 0 Å². The summed E-state index contributed by atoms with van der Waals surface area (Å²) in [5.74, 6) is 0.531. The SMILES string of the molecule is Cc1ncc(NC(=O)c2ccc(OC(C)C)cc2)c(C)c1Cl. The van der Waals surface area contributed by atoms with Gasteiger partial charge in [-0.1, -0.05) is 11.6 Å². The molecule has 0 saturated heterocycles. The molecule has 1 aromatic heterocycles. The molecule has 2 aromatic rings. The number of aryl methyl sites for hydroxylation is 1. The number of hydrogen-bond donors (Lipinski definition) is 1. The Morgan fingerprint density at radius 1 is 1.23 bits per heavy atom. The van der Waals surface area contributed by atoms with Crippen LogP contribution in [0.2, 0.25) is 5.02 Å². The number of rotatable bonds is 4. The molecular formula is C17H19ClN2O2. The monoisotopic (exact) mass is 318 g/mol. The van der Waals surface area contributed by atoms with Crippen LogP contribution in [-0.2, 0) is 0 Å². The minimum atomic E-state index is -0.207. The van der Waals surface area contributed by atoms with E-state index in [1.54, 1.807) is 30.5 Å². The molecule has 0 fully saturated rings. The van der Waals surface area contributed by atoms with E-state index in [9.17, 15) is 4.79 Å². The number of hydrogen-bond acceptors (Lipinski definition) is 3. The number of ether oxygens (including phenoxy) is 1. The summed E-state index contributed by atoms with van der Waals surface area (Å²) in [7, 11) is 0. The number of halogens is 1. The lowest BCUT2D eigenvalue weighted by Gasteiger charge is -2.12. The quantitative estimate of drug-likeness (QED) is 0.909. The number of anilines is 1. The molecular weight excluding hydrogens is 300 g/mol. The standard InChI is InChI=1S/C17H19ClN2O2/c1-10(2)22-14-7-5-13(6-8-14)17(21)20-15-9-19-12(4)16(18)11(15)3/h5-10H,1-4H3,(H,20,21). The van der Waals surface area contributed by atoms with Crippen LogP contribution in [0.4, 0.5) is 5.69 Å². The molecule has 1 aromatic carbocycles. The van der Waals surface area contributed by atoms with Gasteiger partial charge in [0.25, 0.3) is 5.91 Å². The van der Waals surface area contributed by atoms with Gasteiger partial charge in [-0.05, 0) is 57.5 Å². The minimum absolute atomic E-state index is 0.100. The first-order valence-electron chi connectivity index (χ1n) is 7.08. The molecule has 5 heteroatoms. The highest BCUT2D eigenvalue weighted by molar-refractivity contribution is 6.32. The Labute approximate surface area is 135 Å². The molecule has 0 aliphatic heterocycles. The summed E-state index contributed by atoms with van der Waals surface area (Å²) < 4.78 is 5.56. The van der Waals surface area contributed by atoms with E-state index < -0.39 is 0 Å². The lowest BCUT2D eigenvalue weighted by Crippen LogP contribution is -2.13. The summed E-state index contributed by atoms with van der Waals surface area (Å²) >= 11 is 6.15. The zero-order valence-electron chi connectivity index (χ0n) is 13.1. The first-order chi connectivity index (χ1) is 10.4. The van der Waals surface area contributed by atoms with Gasteiger partial charge in [0.1, 0.15) is 5.75 Å². The molecule has 0 spiro atoms. The van der Waals surface area contributed by atoms with E-state index in [1.165, 1.54) is 0 Å². The van der Waals surface area contributed by atoms with E-state index in [0.29, 0.717) is 16.3 Å². The van der Waals surface area contributed by atoms with Crippen molar-refractivity contribution in [2.24, 2.45) is 0 Å². The first kappa shape index (κ1) is 16.3. The van der Waals surface area contributed by atoms with Gasteiger partial charge in [0.2, 0.25) is 0 Å². The maximum Gasteiger partial charge on any atom is 0.255 e. The van der Waals surface area contributed by atoms with Gasteiger partial charge in [-0.25, -0.2) is 0 Å². The molecule has 0 radical (unpaired) electrons. The zero-order valence-corrected chi connectivity index (χ0v) is 13.9. The molecule has 1 amide bonds. The number of amides is 1. The van der Waals surface area contributed by atoms with E-state index in [-0.39, 0.29) is 12.0 Å². The van der Waals surface area contributed by atoms with Crippen molar-refractivity contribution >= 4 is 23.2 Å². The molecule has 0 aliphatic carbocycles. The predicted octanol–water partition coefficient (Wildman–Crippen LogP) is 4.39. The maximum atomic E-state index is 12.3. The van der Waals surface area contributed by atoms with E-state index in [0.717, 1.165) is 17.0 Å². The topological polar surface area (TPSA) is 51.2 Å². The number of nitrogens with one attached hydrogen (secondary N) is 1. The van der Waals surface area contributed by atoms with E-state index >= 15 is 0 Å². The molecule has 2 rings (SSSR count). The Morgan fingerprint density at radius 3 is 2.45 bits per heavy atom. The summed E-state index contributed by atoms with van der Waals surface area (Å²) in [5.41, 5.74) is 2.71. The number of aromatic nitrogens is 1. The summed E-state index contributed by atoms with van der Waals surface area (Å²) in [6.07, 6.45) is 1.72. The number of carbonyl (C=O) groups is 1. The Hall–Kier alpha value is -2.07. The third-order valence-electron chi connectivity index (χ3n) is 3.17. The van der Waals surface area contributed by atoms with Gasteiger partial charge in [0.15, 0.2) is 0 Å². The predicted molar refractivity (Wildman–Crippen MR) is 88.9 cm³/mol. The van der Waals surface area contributed by atoms with E-state index in [2.05, 4.69) is 10.3 Å². The Balaban J connectivity index is 2.14. The fourth-order valence-corrected chi connectivity index (χ4v) is 2.13. The highest BCUT2D eigenvalue weighted by Crippen LogP contribution is 2.25. The Bertz CT molecular complexity index is 682. The normalized spacial score (nSPS) is 10.6. The number of nitrogens with zero attached hydrogens (tertiary/aromatic N) is 1. The fourth-order valence-electron chi connectivity index (χ4n) is 1.98. The van der Waals surface area contributed by atoms with Gasteiger partial charge in [-0.15, -0.1) is 0 Å². The van der Waals surface area contributed by atoms with Crippen LogP contribution < -0.4 is 10.1 Å². The van der Waals surface area contributed by atoms with Crippen molar-refractivity contribution in [3.63, 3.8) is 0 Å². The van der Waals surface area contributed by atoms with Gasteiger partial charge in [0.05, 0.1) is 28.7 Å². The van der Waals surface area contributed by atoms with Crippen LogP contribution in [0.25, 0.3) is 0 Å². The van der Waals surface area contributed by atoms with Gasteiger partial charge < -0.3 is 10.1 Å². The third kappa shape index (κ3) is 3.77. The summed E-state index contributed by atoms with van der Waals surface area (Å²) in [6.45, 7) is 7.59. The lowest BCUT2D eigenvalue weighted by molar-refractivity contribution is 0.102. The largest absolute Gasteiger partial charge is 0.491 e. The number of pyridine rings is 1. The van der Waals surface area contributed by atoms with Crippen molar-refractivity contribution in [3.8, 4) is 5.75 Å². The van der Waals surface area contributed by atoms with Crippen molar-refractivity contribution in [1.29, 1.82) is 0 Å². The molecule has 1 N–H and O–H groups in total. The second-order valence-electron chi connectivity index (χ2n) is 5.34. The van der Waals surface area contributed by atoms with Crippen LogP contribution in [0.5, 0.6) is 5.75 Å². The molecule has 0 aliphatic rings. The molecule has 0 saturated carbocycles. The second-order valence-corrected chi connectivity index (χ2v) is 5.72. The number of benzene rings is 1. The molecule has 116 valence electrons.